The van der Waals surface area contributed by atoms with Gasteiger partial charge in [-0.1, -0.05) is 48.9 Å². The Balaban J connectivity index is 1.17. The monoisotopic (exact) mass is 670 g/mol. The van der Waals surface area contributed by atoms with Crippen LogP contribution in [0.25, 0.3) is 11.0 Å². The molecule has 0 spiro atoms. The number of halogens is 1. The van der Waals surface area contributed by atoms with Crippen LogP contribution in [-0.2, 0) is 22.6 Å². The first-order chi connectivity index (χ1) is 23.3. The summed E-state index contributed by atoms with van der Waals surface area (Å²) in [6.07, 6.45) is 2.54. The number of hydrogen-bond acceptors (Lipinski definition) is 7. The van der Waals surface area contributed by atoms with Gasteiger partial charge in [0.05, 0.1) is 12.0 Å². The van der Waals surface area contributed by atoms with Gasteiger partial charge in [0.2, 0.25) is 11.8 Å². The highest BCUT2D eigenvalue weighted by Gasteiger charge is 2.31. The van der Waals surface area contributed by atoms with Crippen LogP contribution in [0, 0.1) is 0 Å². The first kappa shape index (κ1) is 33.1. The topological polar surface area (TPSA) is 112 Å². The molecule has 6 rings (SSSR count). The molecule has 11 heteroatoms. The Morgan fingerprint density at radius 1 is 0.958 bits per heavy atom. The van der Waals surface area contributed by atoms with Gasteiger partial charge in [0.25, 0.3) is 5.91 Å². The van der Waals surface area contributed by atoms with E-state index in [0.717, 1.165) is 42.3 Å². The average Bonchev–Trinajstić information content (AvgIpc) is 3.51. The van der Waals surface area contributed by atoms with E-state index >= 15 is 0 Å². The number of benzene rings is 3. The van der Waals surface area contributed by atoms with Crippen LogP contribution in [0.4, 0.5) is 5.69 Å². The lowest BCUT2D eigenvalue weighted by Crippen LogP contribution is -2.55. The lowest BCUT2D eigenvalue weighted by Gasteiger charge is -2.38. The largest absolute Gasteiger partial charge is 0.494 e. The molecule has 2 aliphatic heterocycles. The van der Waals surface area contributed by atoms with Crippen LogP contribution in [0.15, 0.2) is 82.0 Å². The average molecular weight is 671 g/mol. The Bertz CT molecular complexity index is 1850. The molecule has 0 radical (unpaired) electrons. The van der Waals surface area contributed by atoms with Crippen LogP contribution in [-0.4, -0.2) is 72.9 Å². The zero-order valence-electron chi connectivity index (χ0n) is 27.0. The number of likely N-dealkylation sites (tertiary alicyclic amines) is 1. The van der Waals surface area contributed by atoms with Crippen LogP contribution in [0.5, 0.6) is 5.75 Å². The lowest BCUT2D eigenvalue weighted by molar-refractivity contribution is -0.133. The second-order valence-corrected chi connectivity index (χ2v) is 12.6. The van der Waals surface area contributed by atoms with Crippen molar-refractivity contribution in [3.8, 4) is 5.75 Å². The summed E-state index contributed by atoms with van der Waals surface area (Å²) in [7, 11) is 0. The minimum Gasteiger partial charge on any atom is -0.494 e. The van der Waals surface area contributed by atoms with Crippen LogP contribution >= 0.6 is 11.6 Å². The summed E-state index contributed by atoms with van der Waals surface area (Å²) in [6.45, 7) is 5.96. The first-order valence-corrected chi connectivity index (χ1v) is 16.8. The highest BCUT2D eigenvalue weighted by molar-refractivity contribution is 6.30. The van der Waals surface area contributed by atoms with Gasteiger partial charge in [0.15, 0.2) is 11.2 Å². The van der Waals surface area contributed by atoms with Crippen molar-refractivity contribution in [1.82, 2.24) is 15.1 Å². The number of nitrogens with zero attached hydrogens (tertiary/aromatic N) is 3. The van der Waals surface area contributed by atoms with Crippen molar-refractivity contribution in [1.29, 1.82) is 0 Å². The third kappa shape index (κ3) is 7.65. The van der Waals surface area contributed by atoms with Gasteiger partial charge in [-0.05, 0) is 60.4 Å². The predicted octanol–water partition coefficient (Wildman–Crippen LogP) is 5.05. The van der Waals surface area contributed by atoms with Crippen molar-refractivity contribution in [3.05, 3.63) is 105 Å². The molecule has 1 atom stereocenters. The molecule has 3 aromatic carbocycles. The molecule has 3 heterocycles. The highest BCUT2D eigenvalue weighted by Crippen LogP contribution is 2.26. The van der Waals surface area contributed by atoms with E-state index in [0.29, 0.717) is 61.9 Å². The Kier molecular flexibility index (Phi) is 10.3. The molecule has 2 saturated heterocycles. The third-order valence-electron chi connectivity index (χ3n) is 8.81. The molecule has 48 heavy (non-hydrogen) atoms. The number of carbonyl (C=O) groups is 3. The van der Waals surface area contributed by atoms with Crippen LogP contribution < -0.4 is 20.4 Å². The number of rotatable bonds is 11. The van der Waals surface area contributed by atoms with Crippen molar-refractivity contribution in [2.24, 2.45) is 0 Å². The maximum atomic E-state index is 14.0. The second kappa shape index (κ2) is 14.9. The van der Waals surface area contributed by atoms with E-state index in [-0.39, 0.29) is 35.0 Å². The van der Waals surface area contributed by atoms with Gasteiger partial charge >= 0.3 is 0 Å². The summed E-state index contributed by atoms with van der Waals surface area (Å²) in [5.41, 5.74) is 2.84. The minimum absolute atomic E-state index is 0.179. The molecular formula is C37H39ClN4O6. The van der Waals surface area contributed by atoms with Crippen molar-refractivity contribution in [2.45, 2.75) is 45.2 Å². The minimum atomic E-state index is -0.912. The molecule has 3 amide bonds. The fourth-order valence-corrected chi connectivity index (χ4v) is 6.39. The molecular weight excluding hydrogens is 632 g/mol. The van der Waals surface area contributed by atoms with Crippen molar-refractivity contribution in [3.63, 3.8) is 0 Å². The molecule has 0 aliphatic carbocycles. The van der Waals surface area contributed by atoms with E-state index in [9.17, 15) is 19.2 Å². The first-order valence-electron chi connectivity index (χ1n) is 16.4. The molecule has 4 aromatic rings. The van der Waals surface area contributed by atoms with E-state index in [1.54, 1.807) is 35.2 Å². The van der Waals surface area contributed by atoms with E-state index in [2.05, 4.69) is 22.3 Å². The van der Waals surface area contributed by atoms with Gasteiger partial charge in [-0.2, -0.15) is 0 Å². The number of nitrogens with one attached hydrogen (secondary N) is 1. The number of ether oxygens (including phenoxy) is 1. The fraction of sp³-hybridized carbons (Fsp3) is 0.351. The number of anilines is 1. The van der Waals surface area contributed by atoms with E-state index in [4.69, 9.17) is 20.8 Å². The van der Waals surface area contributed by atoms with Crippen molar-refractivity contribution >= 4 is 46.0 Å². The van der Waals surface area contributed by atoms with Gasteiger partial charge in [-0.25, -0.2) is 0 Å². The molecule has 10 nitrogen and oxygen atoms in total. The van der Waals surface area contributed by atoms with Gasteiger partial charge in [0.1, 0.15) is 17.4 Å². The second-order valence-electron chi connectivity index (χ2n) is 12.2. The number of para-hydroxylation sites is 1. The number of amides is 3. The standard InChI is InChI=1S/C37H39ClN4O6/c1-2-20-47-28-13-14-33-29(22-28)32(43)23-34(48-33)36(45)39-30(21-25-9-11-27(38)12-10-25)37(46)41-18-16-40(17-19-41)31-7-4-3-6-26(31)24-42-15-5-8-35(42)44/h3-4,6-7,9-14,22-23,30H,2,5,8,15-21,24H2,1H3,(H,39,45)/t30-/m0/s1. The lowest BCUT2D eigenvalue weighted by atomic mass is 10.0. The normalized spacial score (nSPS) is 15.5. The van der Waals surface area contributed by atoms with Crippen molar-refractivity contribution < 1.29 is 23.5 Å². The number of piperazine rings is 1. The summed E-state index contributed by atoms with van der Waals surface area (Å²) in [5.74, 6) is -0.330. The maximum absolute atomic E-state index is 14.0. The fourth-order valence-electron chi connectivity index (χ4n) is 6.26. The zero-order chi connectivity index (χ0) is 33.6. The summed E-state index contributed by atoms with van der Waals surface area (Å²) < 4.78 is 11.5. The molecule has 2 fully saturated rings. The number of fused-ring (bicyclic) bond motifs is 1. The van der Waals surface area contributed by atoms with Gasteiger partial charge in [0, 0.05) is 68.9 Å². The SMILES string of the molecule is CCCOc1ccc2oc(C(=O)N[C@@H](Cc3ccc(Cl)cc3)C(=O)N3CCN(c4ccccc4CN4CCCC4=O)CC3)cc(=O)c2c1. The highest BCUT2D eigenvalue weighted by atomic mass is 35.5. The van der Waals surface area contributed by atoms with Gasteiger partial charge < -0.3 is 29.2 Å². The Morgan fingerprint density at radius 3 is 2.46 bits per heavy atom. The Labute approximate surface area is 284 Å². The van der Waals surface area contributed by atoms with Gasteiger partial charge in [-0.15, -0.1) is 0 Å². The van der Waals surface area contributed by atoms with E-state index in [1.165, 1.54) is 0 Å². The predicted molar refractivity (Wildman–Crippen MR) is 185 cm³/mol. The Hall–Kier alpha value is -4.83. The van der Waals surface area contributed by atoms with Crippen molar-refractivity contribution in [2.75, 3.05) is 44.2 Å². The molecule has 1 aromatic heterocycles. The van der Waals surface area contributed by atoms with Crippen LogP contribution in [0.1, 0.15) is 47.9 Å². The third-order valence-corrected chi connectivity index (χ3v) is 9.06. The molecule has 0 saturated carbocycles. The quantitative estimate of drug-likeness (QED) is 0.238. The molecule has 250 valence electrons. The number of carbonyl (C=O) groups excluding carboxylic acids is 3. The van der Waals surface area contributed by atoms with E-state index < -0.39 is 11.9 Å². The number of hydrogen-bond donors (Lipinski definition) is 1. The summed E-state index contributed by atoms with van der Waals surface area (Å²) in [4.78, 5) is 58.8. The summed E-state index contributed by atoms with van der Waals surface area (Å²) in [5, 5.41) is 3.72. The molecule has 1 N–H and O–H groups in total. The molecule has 0 bridgehead atoms. The summed E-state index contributed by atoms with van der Waals surface area (Å²) in [6, 6.07) is 20.4. The zero-order valence-corrected chi connectivity index (χ0v) is 27.7. The maximum Gasteiger partial charge on any atom is 0.287 e. The van der Waals surface area contributed by atoms with E-state index in [1.807, 2.05) is 36.1 Å². The summed E-state index contributed by atoms with van der Waals surface area (Å²) >= 11 is 6.11. The van der Waals surface area contributed by atoms with Gasteiger partial charge in [-0.3, -0.25) is 19.2 Å². The van der Waals surface area contributed by atoms with Crippen LogP contribution in [0.2, 0.25) is 5.02 Å². The molecule has 0 unspecified atom stereocenters. The van der Waals surface area contributed by atoms with Crippen LogP contribution in [0.3, 0.4) is 0 Å². The molecule has 2 aliphatic rings. The smallest absolute Gasteiger partial charge is 0.287 e. The Morgan fingerprint density at radius 2 is 1.73 bits per heavy atom.